The summed E-state index contributed by atoms with van der Waals surface area (Å²) in [5.74, 6) is 2.34. The highest BCUT2D eigenvalue weighted by atomic mass is 16.5. The van der Waals surface area contributed by atoms with Gasteiger partial charge < -0.3 is 10.5 Å². The molecule has 1 aromatic carbocycles. The molecule has 2 rings (SSSR count). The zero-order valence-corrected chi connectivity index (χ0v) is 12.7. The Morgan fingerprint density at radius 2 is 1.55 bits per heavy atom. The summed E-state index contributed by atoms with van der Waals surface area (Å²) >= 11 is 0. The number of nitrogen functional groups attached to an aromatic ring is 1. The van der Waals surface area contributed by atoms with Gasteiger partial charge in [-0.15, -0.1) is 0 Å². The Balaban J connectivity index is 2.36. The van der Waals surface area contributed by atoms with E-state index in [1.807, 2.05) is 46.8 Å². The average Bonchev–Trinajstić information content (AvgIpc) is 2.25. The number of anilines is 1. The monoisotopic (exact) mass is 271 g/mol. The van der Waals surface area contributed by atoms with Crippen LogP contribution in [0.3, 0.4) is 0 Å². The molecular formula is C16H21N3O. The van der Waals surface area contributed by atoms with Crippen molar-refractivity contribution in [2.75, 3.05) is 5.73 Å². The highest BCUT2D eigenvalue weighted by Gasteiger charge is 2.19. The van der Waals surface area contributed by atoms with Gasteiger partial charge in [-0.05, 0) is 37.1 Å². The topological polar surface area (TPSA) is 61.0 Å². The first-order valence-electron chi connectivity index (χ1n) is 6.65. The molecular weight excluding hydrogens is 250 g/mol. The average molecular weight is 271 g/mol. The molecule has 0 unspecified atom stereocenters. The fourth-order valence-corrected chi connectivity index (χ4v) is 1.94. The number of aromatic nitrogens is 2. The Bertz CT molecular complexity index is 610. The van der Waals surface area contributed by atoms with Crippen LogP contribution in [-0.4, -0.2) is 9.97 Å². The van der Waals surface area contributed by atoms with Gasteiger partial charge in [-0.3, -0.25) is 0 Å². The Labute approximate surface area is 120 Å². The predicted octanol–water partition coefficient (Wildman–Crippen LogP) is 3.77. The van der Waals surface area contributed by atoms with Crippen molar-refractivity contribution in [3.05, 3.63) is 41.2 Å². The Hall–Kier alpha value is -2.10. The summed E-state index contributed by atoms with van der Waals surface area (Å²) in [6.07, 6.45) is 0. The zero-order chi connectivity index (χ0) is 14.9. The van der Waals surface area contributed by atoms with Crippen molar-refractivity contribution >= 4 is 5.82 Å². The smallest absolute Gasteiger partial charge is 0.224 e. The fraction of sp³-hybridized carbons (Fsp3) is 0.375. The molecule has 0 saturated carbocycles. The van der Waals surface area contributed by atoms with E-state index < -0.39 is 0 Å². The number of benzene rings is 1. The molecule has 20 heavy (non-hydrogen) atoms. The van der Waals surface area contributed by atoms with Crippen molar-refractivity contribution in [1.82, 2.24) is 9.97 Å². The van der Waals surface area contributed by atoms with Crippen molar-refractivity contribution in [2.45, 2.75) is 40.0 Å². The lowest BCUT2D eigenvalue weighted by molar-refractivity contribution is 0.446. The summed E-state index contributed by atoms with van der Waals surface area (Å²) in [5, 5.41) is 0. The molecule has 2 aromatic rings. The quantitative estimate of drug-likeness (QED) is 0.903. The second-order valence-electron chi connectivity index (χ2n) is 6.13. The van der Waals surface area contributed by atoms with Gasteiger partial charge in [-0.1, -0.05) is 26.8 Å². The summed E-state index contributed by atoms with van der Waals surface area (Å²) in [5.41, 5.74) is 7.97. The maximum atomic E-state index is 5.84. The van der Waals surface area contributed by atoms with Gasteiger partial charge in [0.05, 0.1) is 0 Å². The molecule has 0 aliphatic rings. The lowest BCUT2D eigenvalue weighted by atomic mass is 9.96. The van der Waals surface area contributed by atoms with Gasteiger partial charge in [0, 0.05) is 11.5 Å². The van der Waals surface area contributed by atoms with Gasteiger partial charge in [-0.25, -0.2) is 4.98 Å². The van der Waals surface area contributed by atoms with Crippen molar-refractivity contribution in [2.24, 2.45) is 0 Å². The van der Waals surface area contributed by atoms with Crippen LogP contribution in [0.1, 0.15) is 37.7 Å². The highest BCUT2D eigenvalue weighted by molar-refractivity contribution is 5.39. The first-order valence-corrected chi connectivity index (χ1v) is 6.65. The molecule has 106 valence electrons. The molecule has 0 fully saturated rings. The summed E-state index contributed by atoms with van der Waals surface area (Å²) in [4.78, 5) is 8.71. The molecule has 4 nitrogen and oxygen atoms in total. The van der Waals surface area contributed by atoms with E-state index in [9.17, 15) is 0 Å². The van der Waals surface area contributed by atoms with Crippen LogP contribution in [0, 0.1) is 13.8 Å². The number of rotatable bonds is 2. The van der Waals surface area contributed by atoms with Crippen LogP contribution in [0.2, 0.25) is 0 Å². The number of hydrogen-bond donors (Lipinski definition) is 1. The molecule has 0 saturated heterocycles. The van der Waals surface area contributed by atoms with E-state index in [2.05, 4.69) is 16.0 Å². The molecule has 0 atom stereocenters. The van der Waals surface area contributed by atoms with Crippen LogP contribution in [-0.2, 0) is 5.41 Å². The molecule has 1 heterocycles. The molecule has 1 aromatic heterocycles. The SMILES string of the molecule is Cc1cc(C)cc(Oc2cc(N)nc(C(C)(C)C)n2)c1. The summed E-state index contributed by atoms with van der Waals surface area (Å²) in [6, 6.07) is 7.69. The third kappa shape index (κ3) is 3.47. The first kappa shape index (κ1) is 14.3. The molecule has 4 heteroatoms. The van der Waals surface area contributed by atoms with Crippen LogP contribution in [0.25, 0.3) is 0 Å². The van der Waals surface area contributed by atoms with E-state index in [4.69, 9.17) is 10.5 Å². The number of nitrogens with two attached hydrogens (primary N) is 1. The highest BCUT2D eigenvalue weighted by Crippen LogP contribution is 2.26. The van der Waals surface area contributed by atoms with Gasteiger partial charge in [0.2, 0.25) is 5.88 Å². The molecule has 0 spiro atoms. The second kappa shape index (κ2) is 5.12. The van der Waals surface area contributed by atoms with E-state index in [1.165, 1.54) is 0 Å². The van der Waals surface area contributed by atoms with E-state index in [1.54, 1.807) is 6.07 Å². The fourth-order valence-electron chi connectivity index (χ4n) is 1.94. The van der Waals surface area contributed by atoms with Gasteiger partial charge in [-0.2, -0.15) is 4.98 Å². The maximum Gasteiger partial charge on any atom is 0.224 e. The molecule has 2 N–H and O–H groups in total. The predicted molar refractivity (Wildman–Crippen MR) is 81.1 cm³/mol. The van der Waals surface area contributed by atoms with Gasteiger partial charge in [0.1, 0.15) is 17.4 Å². The second-order valence-corrected chi connectivity index (χ2v) is 6.13. The first-order chi connectivity index (χ1) is 9.24. The molecule has 0 amide bonds. The van der Waals surface area contributed by atoms with E-state index in [0.29, 0.717) is 17.5 Å². The molecule has 0 aliphatic heterocycles. The number of nitrogens with zero attached hydrogens (tertiary/aromatic N) is 2. The number of ether oxygens (including phenoxy) is 1. The Morgan fingerprint density at radius 3 is 2.10 bits per heavy atom. The minimum atomic E-state index is -0.171. The van der Waals surface area contributed by atoms with Gasteiger partial charge in [0.15, 0.2) is 0 Å². The van der Waals surface area contributed by atoms with Gasteiger partial charge in [0.25, 0.3) is 0 Å². The van der Waals surface area contributed by atoms with E-state index in [-0.39, 0.29) is 5.41 Å². The van der Waals surface area contributed by atoms with Crippen LogP contribution in [0.15, 0.2) is 24.3 Å². The zero-order valence-electron chi connectivity index (χ0n) is 12.7. The van der Waals surface area contributed by atoms with E-state index in [0.717, 1.165) is 16.9 Å². The third-order valence-corrected chi connectivity index (χ3v) is 2.81. The number of aryl methyl sites for hydroxylation is 2. The molecule has 0 radical (unpaired) electrons. The molecule has 0 bridgehead atoms. The summed E-state index contributed by atoms with van der Waals surface area (Å²) in [7, 11) is 0. The largest absolute Gasteiger partial charge is 0.439 e. The van der Waals surface area contributed by atoms with Crippen LogP contribution < -0.4 is 10.5 Å². The van der Waals surface area contributed by atoms with Crippen molar-refractivity contribution in [3.63, 3.8) is 0 Å². The Morgan fingerprint density at radius 1 is 0.950 bits per heavy atom. The summed E-state index contributed by atoms with van der Waals surface area (Å²) < 4.78 is 5.83. The van der Waals surface area contributed by atoms with Crippen molar-refractivity contribution < 1.29 is 4.74 Å². The Kier molecular flexibility index (Phi) is 3.66. The van der Waals surface area contributed by atoms with Crippen LogP contribution in [0.5, 0.6) is 11.6 Å². The van der Waals surface area contributed by atoms with Crippen LogP contribution >= 0.6 is 0 Å². The van der Waals surface area contributed by atoms with E-state index >= 15 is 0 Å². The minimum absolute atomic E-state index is 0.171. The lowest BCUT2D eigenvalue weighted by Crippen LogP contribution is -2.17. The van der Waals surface area contributed by atoms with Crippen LogP contribution in [0.4, 0.5) is 5.82 Å². The minimum Gasteiger partial charge on any atom is -0.439 e. The third-order valence-electron chi connectivity index (χ3n) is 2.81. The van der Waals surface area contributed by atoms with Crippen molar-refractivity contribution in [1.29, 1.82) is 0 Å². The molecule has 0 aliphatic carbocycles. The maximum absolute atomic E-state index is 5.84. The lowest BCUT2D eigenvalue weighted by Gasteiger charge is -2.17. The normalized spacial score (nSPS) is 11.4. The standard InChI is InChI=1S/C16H21N3O/c1-10-6-11(2)8-12(7-10)20-14-9-13(17)18-15(19-14)16(3,4)5/h6-9H,1-5H3,(H2,17,18,19). The summed E-state index contributed by atoms with van der Waals surface area (Å²) in [6.45, 7) is 10.2. The van der Waals surface area contributed by atoms with Crippen molar-refractivity contribution in [3.8, 4) is 11.6 Å². The number of hydrogen-bond acceptors (Lipinski definition) is 4. The van der Waals surface area contributed by atoms with Gasteiger partial charge >= 0.3 is 0 Å².